The lowest BCUT2D eigenvalue weighted by Crippen LogP contribution is -2.39. The molecule has 0 heterocycles. The number of carboxylic acids is 1. The van der Waals surface area contributed by atoms with E-state index in [2.05, 4.69) is 5.32 Å². The number of hydrogen-bond donors (Lipinski definition) is 2. The fourth-order valence-corrected chi connectivity index (χ4v) is 3.41. The van der Waals surface area contributed by atoms with E-state index >= 15 is 0 Å². The van der Waals surface area contributed by atoms with E-state index in [0.717, 1.165) is 24.9 Å². The van der Waals surface area contributed by atoms with Crippen molar-refractivity contribution in [3.63, 3.8) is 0 Å². The standard InChI is InChI=1S/C20H30N2O5/c1-22(2)11-12-27-18-14(7-6-10-17(18)26-3)13-21-19(23)15-8-4-5-9-16(15)20(24)25/h6-7,10,15-16H,4-5,8-9,11-13H2,1-3H3,(H,21,23)(H,24,25). The summed E-state index contributed by atoms with van der Waals surface area (Å²) in [4.78, 5) is 26.1. The molecule has 2 rings (SSSR count). The van der Waals surface area contributed by atoms with Crippen LogP contribution >= 0.6 is 0 Å². The summed E-state index contributed by atoms with van der Waals surface area (Å²) in [5.41, 5.74) is 0.809. The monoisotopic (exact) mass is 378 g/mol. The van der Waals surface area contributed by atoms with Crippen LogP contribution < -0.4 is 14.8 Å². The average molecular weight is 378 g/mol. The molecule has 150 valence electrons. The van der Waals surface area contributed by atoms with Crippen LogP contribution in [-0.2, 0) is 16.1 Å². The molecular formula is C20H30N2O5. The van der Waals surface area contributed by atoms with E-state index in [0.29, 0.717) is 30.9 Å². The first-order chi connectivity index (χ1) is 12.9. The molecule has 2 atom stereocenters. The van der Waals surface area contributed by atoms with E-state index in [1.165, 1.54) is 0 Å². The van der Waals surface area contributed by atoms with Crippen molar-refractivity contribution in [1.29, 1.82) is 0 Å². The van der Waals surface area contributed by atoms with Gasteiger partial charge in [-0.05, 0) is 33.0 Å². The molecule has 1 amide bonds. The van der Waals surface area contributed by atoms with Gasteiger partial charge in [0.2, 0.25) is 5.91 Å². The van der Waals surface area contributed by atoms with Crippen LogP contribution in [0.15, 0.2) is 18.2 Å². The number of carboxylic acid groups (broad SMARTS) is 1. The zero-order valence-corrected chi connectivity index (χ0v) is 16.4. The number of carbonyl (C=O) groups is 2. The number of aliphatic carboxylic acids is 1. The number of amides is 1. The Balaban J connectivity index is 2.05. The summed E-state index contributed by atoms with van der Waals surface area (Å²) in [7, 11) is 5.52. The van der Waals surface area contributed by atoms with Crippen LogP contribution in [0.25, 0.3) is 0 Å². The third kappa shape index (κ3) is 5.85. The van der Waals surface area contributed by atoms with Gasteiger partial charge in [0.05, 0.1) is 18.9 Å². The molecule has 0 radical (unpaired) electrons. The highest BCUT2D eigenvalue weighted by Gasteiger charge is 2.35. The smallest absolute Gasteiger partial charge is 0.307 e. The van der Waals surface area contributed by atoms with Gasteiger partial charge in [-0.1, -0.05) is 25.0 Å². The van der Waals surface area contributed by atoms with Crippen molar-refractivity contribution in [2.45, 2.75) is 32.2 Å². The summed E-state index contributed by atoms with van der Waals surface area (Å²) in [5, 5.41) is 12.3. The molecule has 1 saturated carbocycles. The van der Waals surface area contributed by atoms with E-state index in [1.807, 2.05) is 37.2 Å². The number of para-hydroxylation sites is 1. The van der Waals surface area contributed by atoms with Crippen LogP contribution in [-0.4, -0.2) is 56.2 Å². The van der Waals surface area contributed by atoms with Gasteiger partial charge in [-0.3, -0.25) is 9.59 Å². The molecule has 7 nitrogen and oxygen atoms in total. The topological polar surface area (TPSA) is 88.1 Å². The van der Waals surface area contributed by atoms with Gasteiger partial charge in [0.15, 0.2) is 11.5 Å². The zero-order valence-electron chi connectivity index (χ0n) is 16.4. The minimum absolute atomic E-state index is 0.204. The second kappa shape index (κ2) is 10.2. The molecule has 0 aromatic heterocycles. The minimum Gasteiger partial charge on any atom is -0.493 e. The number of likely N-dealkylation sites (N-methyl/N-ethyl adjacent to an activating group) is 1. The lowest BCUT2D eigenvalue weighted by atomic mass is 9.78. The van der Waals surface area contributed by atoms with E-state index in [-0.39, 0.29) is 12.5 Å². The Hall–Kier alpha value is -2.28. The fraction of sp³-hybridized carbons (Fsp3) is 0.600. The highest BCUT2D eigenvalue weighted by atomic mass is 16.5. The SMILES string of the molecule is COc1cccc(CNC(=O)C2CCCCC2C(=O)O)c1OCCN(C)C. The molecule has 27 heavy (non-hydrogen) atoms. The third-order valence-electron chi connectivity index (χ3n) is 4.94. The quantitative estimate of drug-likeness (QED) is 0.685. The van der Waals surface area contributed by atoms with Gasteiger partial charge in [0, 0.05) is 18.7 Å². The Morgan fingerprint density at radius 1 is 1.22 bits per heavy atom. The molecule has 1 aromatic carbocycles. The van der Waals surface area contributed by atoms with Crippen molar-refractivity contribution < 1.29 is 24.2 Å². The Kier molecular flexibility index (Phi) is 7.91. The molecule has 0 aliphatic heterocycles. The molecule has 0 bridgehead atoms. The number of rotatable bonds is 9. The number of methoxy groups -OCH3 is 1. The van der Waals surface area contributed by atoms with Crippen LogP contribution in [0.1, 0.15) is 31.2 Å². The number of nitrogens with one attached hydrogen (secondary N) is 1. The summed E-state index contributed by atoms with van der Waals surface area (Å²) in [6, 6.07) is 5.54. The van der Waals surface area contributed by atoms with Gasteiger partial charge in [-0.2, -0.15) is 0 Å². The number of carbonyl (C=O) groups excluding carboxylic acids is 1. The molecule has 0 saturated heterocycles. The molecule has 1 aromatic rings. The summed E-state index contributed by atoms with van der Waals surface area (Å²) in [6.07, 6.45) is 2.93. The molecule has 2 N–H and O–H groups in total. The Bertz CT molecular complexity index is 647. The second-order valence-electron chi connectivity index (χ2n) is 7.15. The Labute approximate surface area is 160 Å². The fourth-order valence-electron chi connectivity index (χ4n) is 3.41. The Morgan fingerprint density at radius 3 is 2.56 bits per heavy atom. The Morgan fingerprint density at radius 2 is 1.93 bits per heavy atom. The van der Waals surface area contributed by atoms with E-state index in [1.54, 1.807) is 7.11 Å². The van der Waals surface area contributed by atoms with Crippen LogP contribution in [0.2, 0.25) is 0 Å². The maximum Gasteiger partial charge on any atom is 0.307 e. The molecule has 1 fully saturated rings. The molecule has 1 aliphatic rings. The van der Waals surface area contributed by atoms with Crippen LogP contribution in [0.5, 0.6) is 11.5 Å². The summed E-state index contributed by atoms with van der Waals surface area (Å²) < 4.78 is 11.3. The van der Waals surface area contributed by atoms with Gasteiger partial charge in [0.25, 0.3) is 0 Å². The zero-order chi connectivity index (χ0) is 19.8. The third-order valence-corrected chi connectivity index (χ3v) is 4.94. The van der Waals surface area contributed by atoms with E-state index in [9.17, 15) is 14.7 Å². The molecule has 2 unspecified atom stereocenters. The van der Waals surface area contributed by atoms with Crippen molar-refractivity contribution in [1.82, 2.24) is 10.2 Å². The van der Waals surface area contributed by atoms with Gasteiger partial charge < -0.3 is 24.8 Å². The van der Waals surface area contributed by atoms with Crippen molar-refractivity contribution in [2.75, 3.05) is 34.4 Å². The van der Waals surface area contributed by atoms with Crippen LogP contribution in [0, 0.1) is 11.8 Å². The first kappa shape index (κ1) is 21.0. The lowest BCUT2D eigenvalue weighted by molar-refractivity contribution is -0.148. The van der Waals surface area contributed by atoms with Crippen molar-refractivity contribution in [3.8, 4) is 11.5 Å². The predicted molar refractivity (Wildman–Crippen MR) is 102 cm³/mol. The largest absolute Gasteiger partial charge is 0.493 e. The summed E-state index contributed by atoms with van der Waals surface area (Å²) >= 11 is 0. The van der Waals surface area contributed by atoms with Gasteiger partial charge >= 0.3 is 5.97 Å². The van der Waals surface area contributed by atoms with E-state index < -0.39 is 17.8 Å². The average Bonchev–Trinajstić information content (AvgIpc) is 2.66. The first-order valence-electron chi connectivity index (χ1n) is 9.38. The van der Waals surface area contributed by atoms with Gasteiger partial charge in [-0.15, -0.1) is 0 Å². The van der Waals surface area contributed by atoms with Crippen molar-refractivity contribution in [3.05, 3.63) is 23.8 Å². The maximum atomic E-state index is 12.6. The second-order valence-corrected chi connectivity index (χ2v) is 7.15. The summed E-state index contributed by atoms with van der Waals surface area (Å²) in [6.45, 7) is 1.53. The van der Waals surface area contributed by atoms with Gasteiger partial charge in [0.1, 0.15) is 6.61 Å². The highest BCUT2D eigenvalue weighted by Crippen LogP contribution is 2.32. The molecule has 1 aliphatic carbocycles. The number of benzene rings is 1. The number of ether oxygens (including phenoxy) is 2. The van der Waals surface area contributed by atoms with Crippen LogP contribution in [0.4, 0.5) is 0 Å². The molecular weight excluding hydrogens is 348 g/mol. The lowest BCUT2D eigenvalue weighted by Gasteiger charge is -2.27. The number of hydrogen-bond acceptors (Lipinski definition) is 5. The van der Waals surface area contributed by atoms with Gasteiger partial charge in [-0.25, -0.2) is 0 Å². The van der Waals surface area contributed by atoms with Crippen LogP contribution in [0.3, 0.4) is 0 Å². The molecule has 7 heteroatoms. The predicted octanol–water partition coefficient (Wildman–Crippen LogP) is 2.14. The highest BCUT2D eigenvalue weighted by molar-refractivity contribution is 5.84. The van der Waals surface area contributed by atoms with Crippen molar-refractivity contribution >= 4 is 11.9 Å². The minimum atomic E-state index is -0.885. The normalized spacial score (nSPS) is 19.6. The first-order valence-corrected chi connectivity index (χ1v) is 9.38. The summed E-state index contributed by atoms with van der Waals surface area (Å²) in [5.74, 6) is -0.935. The maximum absolute atomic E-state index is 12.6. The molecule has 0 spiro atoms. The number of nitrogens with zero attached hydrogens (tertiary/aromatic N) is 1. The van der Waals surface area contributed by atoms with Crippen molar-refractivity contribution in [2.24, 2.45) is 11.8 Å². The van der Waals surface area contributed by atoms with E-state index in [4.69, 9.17) is 9.47 Å².